The summed E-state index contributed by atoms with van der Waals surface area (Å²) in [4.78, 5) is 22.2. The van der Waals surface area contributed by atoms with E-state index in [-0.39, 0.29) is 18.2 Å². The molecule has 0 aromatic carbocycles. The van der Waals surface area contributed by atoms with E-state index in [1.54, 1.807) is 0 Å². The van der Waals surface area contributed by atoms with Gasteiger partial charge in [0.2, 0.25) is 5.91 Å². The Balaban J connectivity index is 2.08. The highest BCUT2D eigenvalue weighted by atomic mass is 16.4. The van der Waals surface area contributed by atoms with Crippen molar-refractivity contribution in [3.8, 4) is 0 Å². The van der Waals surface area contributed by atoms with Gasteiger partial charge in [-0.3, -0.25) is 9.59 Å². The number of aliphatic carboxylic acids is 1. The van der Waals surface area contributed by atoms with Gasteiger partial charge in [0.05, 0.1) is 5.92 Å². The number of hydrogen-bond donors (Lipinski definition) is 3. The van der Waals surface area contributed by atoms with Crippen LogP contribution in [-0.2, 0) is 9.59 Å². The minimum atomic E-state index is -0.751. The highest BCUT2D eigenvalue weighted by Crippen LogP contribution is 2.11. The number of rotatable bonds is 7. The molecule has 1 unspecified atom stereocenters. The maximum atomic E-state index is 11.8. The Morgan fingerprint density at radius 3 is 2.83 bits per heavy atom. The summed E-state index contributed by atoms with van der Waals surface area (Å²) >= 11 is 0. The normalized spacial score (nSPS) is 21.3. The number of hydrogen-bond acceptors (Lipinski definition) is 3. The summed E-state index contributed by atoms with van der Waals surface area (Å²) in [7, 11) is 0. The standard InChI is InChI=1S/C13H24N2O3/c1-10(4-5-12(16)17)6-8-15-13(18)11-3-2-7-14-9-11/h10-11,14H,2-9H2,1H3,(H,15,18)(H,16,17)/t10?,11-/m1/s1. The van der Waals surface area contributed by atoms with Crippen LogP contribution in [0.1, 0.15) is 39.0 Å². The quantitative estimate of drug-likeness (QED) is 0.635. The first kappa shape index (κ1) is 15.0. The number of amides is 1. The number of carboxylic acid groups (broad SMARTS) is 1. The molecule has 5 heteroatoms. The van der Waals surface area contributed by atoms with Crippen molar-refractivity contribution in [1.29, 1.82) is 0 Å². The molecule has 2 atom stereocenters. The predicted molar refractivity (Wildman–Crippen MR) is 69.3 cm³/mol. The molecule has 1 heterocycles. The van der Waals surface area contributed by atoms with Gasteiger partial charge in [-0.25, -0.2) is 0 Å². The van der Waals surface area contributed by atoms with Crippen molar-refractivity contribution in [3.05, 3.63) is 0 Å². The van der Waals surface area contributed by atoms with Crippen LogP contribution in [-0.4, -0.2) is 36.6 Å². The highest BCUT2D eigenvalue weighted by Gasteiger charge is 2.20. The average molecular weight is 256 g/mol. The first-order chi connectivity index (χ1) is 8.59. The van der Waals surface area contributed by atoms with Crippen LogP contribution >= 0.6 is 0 Å². The zero-order valence-corrected chi connectivity index (χ0v) is 11.1. The molecule has 1 amide bonds. The van der Waals surface area contributed by atoms with Crippen LogP contribution in [0.3, 0.4) is 0 Å². The molecule has 0 aromatic rings. The van der Waals surface area contributed by atoms with Gasteiger partial charge in [0.25, 0.3) is 0 Å². The van der Waals surface area contributed by atoms with E-state index in [0.29, 0.717) is 18.9 Å². The fraction of sp³-hybridized carbons (Fsp3) is 0.846. The molecule has 3 N–H and O–H groups in total. The first-order valence-electron chi connectivity index (χ1n) is 6.80. The lowest BCUT2D eigenvalue weighted by atomic mass is 9.98. The third-order valence-corrected chi connectivity index (χ3v) is 3.46. The van der Waals surface area contributed by atoms with Crippen molar-refractivity contribution in [2.24, 2.45) is 11.8 Å². The SMILES string of the molecule is CC(CCNC(=O)[C@@H]1CCCNC1)CCC(=O)O. The Labute approximate surface area is 108 Å². The number of carbonyl (C=O) groups excluding carboxylic acids is 1. The van der Waals surface area contributed by atoms with Gasteiger partial charge in [-0.15, -0.1) is 0 Å². The van der Waals surface area contributed by atoms with E-state index in [4.69, 9.17) is 5.11 Å². The topological polar surface area (TPSA) is 78.4 Å². The highest BCUT2D eigenvalue weighted by molar-refractivity contribution is 5.78. The van der Waals surface area contributed by atoms with Gasteiger partial charge >= 0.3 is 5.97 Å². The molecule has 18 heavy (non-hydrogen) atoms. The molecule has 1 aliphatic rings. The molecule has 0 aromatic heterocycles. The second kappa shape index (κ2) is 8.08. The molecule has 0 spiro atoms. The molecule has 1 fully saturated rings. The van der Waals surface area contributed by atoms with Gasteiger partial charge in [-0.1, -0.05) is 6.92 Å². The van der Waals surface area contributed by atoms with Crippen LogP contribution in [0, 0.1) is 11.8 Å². The molecule has 1 saturated heterocycles. The van der Waals surface area contributed by atoms with E-state index < -0.39 is 5.97 Å². The minimum absolute atomic E-state index is 0.105. The largest absolute Gasteiger partial charge is 0.481 e. The van der Waals surface area contributed by atoms with Gasteiger partial charge in [-0.2, -0.15) is 0 Å². The van der Waals surface area contributed by atoms with Crippen molar-refractivity contribution in [3.63, 3.8) is 0 Å². The summed E-state index contributed by atoms with van der Waals surface area (Å²) < 4.78 is 0. The third-order valence-electron chi connectivity index (χ3n) is 3.46. The summed E-state index contributed by atoms with van der Waals surface area (Å²) in [6.07, 6.45) is 3.76. The molecular weight excluding hydrogens is 232 g/mol. The van der Waals surface area contributed by atoms with Gasteiger partial charge in [-0.05, 0) is 38.1 Å². The van der Waals surface area contributed by atoms with E-state index in [1.165, 1.54) is 0 Å². The first-order valence-corrected chi connectivity index (χ1v) is 6.80. The van der Waals surface area contributed by atoms with Crippen molar-refractivity contribution in [1.82, 2.24) is 10.6 Å². The van der Waals surface area contributed by atoms with E-state index in [2.05, 4.69) is 10.6 Å². The summed E-state index contributed by atoms with van der Waals surface area (Å²) in [5, 5.41) is 14.7. The van der Waals surface area contributed by atoms with Gasteiger partial charge in [0.15, 0.2) is 0 Å². The summed E-state index contributed by atoms with van der Waals surface area (Å²) in [5.74, 6) is -0.175. The molecular formula is C13H24N2O3. The fourth-order valence-corrected chi connectivity index (χ4v) is 2.18. The summed E-state index contributed by atoms with van der Waals surface area (Å²) in [6.45, 7) is 4.46. The smallest absolute Gasteiger partial charge is 0.303 e. The van der Waals surface area contributed by atoms with E-state index >= 15 is 0 Å². The van der Waals surface area contributed by atoms with Crippen LogP contribution in [0.25, 0.3) is 0 Å². The van der Waals surface area contributed by atoms with Crippen molar-refractivity contribution < 1.29 is 14.7 Å². The third kappa shape index (κ3) is 6.00. The van der Waals surface area contributed by atoms with Crippen molar-refractivity contribution in [2.45, 2.75) is 39.0 Å². The lowest BCUT2D eigenvalue weighted by Gasteiger charge is -2.22. The Morgan fingerprint density at radius 1 is 1.44 bits per heavy atom. The predicted octanol–water partition coefficient (Wildman–Crippen LogP) is 0.993. The molecule has 104 valence electrons. The number of nitrogens with one attached hydrogen (secondary N) is 2. The molecule has 1 aliphatic heterocycles. The van der Waals surface area contributed by atoms with E-state index in [9.17, 15) is 9.59 Å². The van der Waals surface area contributed by atoms with E-state index in [1.807, 2.05) is 6.92 Å². The Kier molecular flexibility index (Phi) is 6.72. The summed E-state index contributed by atoms with van der Waals surface area (Å²) in [5.41, 5.74) is 0. The number of piperidine rings is 1. The van der Waals surface area contributed by atoms with Crippen LogP contribution in [0.5, 0.6) is 0 Å². The lowest BCUT2D eigenvalue weighted by Crippen LogP contribution is -2.41. The fourth-order valence-electron chi connectivity index (χ4n) is 2.18. The molecule has 0 aliphatic carbocycles. The Hall–Kier alpha value is -1.10. The van der Waals surface area contributed by atoms with Crippen molar-refractivity contribution >= 4 is 11.9 Å². The van der Waals surface area contributed by atoms with Crippen LogP contribution in [0.4, 0.5) is 0 Å². The zero-order chi connectivity index (χ0) is 13.4. The summed E-state index contributed by atoms with van der Waals surface area (Å²) in [6, 6.07) is 0. The Morgan fingerprint density at radius 2 is 2.22 bits per heavy atom. The van der Waals surface area contributed by atoms with Gasteiger partial charge < -0.3 is 15.7 Å². The van der Waals surface area contributed by atoms with Crippen LogP contribution in [0.2, 0.25) is 0 Å². The van der Waals surface area contributed by atoms with Crippen LogP contribution in [0.15, 0.2) is 0 Å². The maximum absolute atomic E-state index is 11.8. The minimum Gasteiger partial charge on any atom is -0.481 e. The van der Waals surface area contributed by atoms with Crippen LogP contribution < -0.4 is 10.6 Å². The van der Waals surface area contributed by atoms with Crippen molar-refractivity contribution in [2.75, 3.05) is 19.6 Å². The molecule has 1 rings (SSSR count). The average Bonchev–Trinajstić information content (AvgIpc) is 2.37. The Bertz CT molecular complexity index is 275. The molecule has 0 bridgehead atoms. The maximum Gasteiger partial charge on any atom is 0.303 e. The zero-order valence-electron chi connectivity index (χ0n) is 11.1. The molecule has 0 radical (unpaired) electrons. The number of carboxylic acids is 1. The molecule has 0 saturated carbocycles. The monoisotopic (exact) mass is 256 g/mol. The molecule has 5 nitrogen and oxygen atoms in total. The van der Waals surface area contributed by atoms with E-state index in [0.717, 1.165) is 32.4 Å². The second-order valence-electron chi connectivity index (χ2n) is 5.16. The number of carbonyl (C=O) groups is 2. The lowest BCUT2D eigenvalue weighted by molar-refractivity contribution is -0.137. The van der Waals surface area contributed by atoms with Gasteiger partial charge in [0.1, 0.15) is 0 Å². The van der Waals surface area contributed by atoms with Gasteiger partial charge in [0, 0.05) is 19.5 Å². The second-order valence-corrected chi connectivity index (χ2v) is 5.16.